The second-order valence-corrected chi connectivity index (χ2v) is 3.15. The molecule has 4 heteroatoms. The Morgan fingerprint density at radius 2 is 2.27 bits per heavy atom. The summed E-state index contributed by atoms with van der Waals surface area (Å²) in [5.74, 6) is 0.829. The highest BCUT2D eigenvalue weighted by Gasteiger charge is 2.37. The quantitative estimate of drug-likeness (QED) is 0.341. The molecule has 4 nitrogen and oxygen atoms in total. The van der Waals surface area contributed by atoms with Crippen molar-refractivity contribution in [3.8, 4) is 0 Å². The third-order valence-corrected chi connectivity index (χ3v) is 2.44. The molecule has 0 radical (unpaired) electrons. The molecule has 2 aliphatic rings. The first-order chi connectivity index (χ1) is 5.25. The van der Waals surface area contributed by atoms with Gasteiger partial charge in [-0.25, -0.2) is 0 Å². The van der Waals surface area contributed by atoms with Crippen molar-refractivity contribution in [3.05, 3.63) is 22.3 Å². The second-order valence-electron chi connectivity index (χ2n) is 3.15. The third-order valence-electron chi connectivity index (χ3n) is 2.44. The summed E-state index contributed by atoms with van der Waals surface area (Å²) in [7, 11) is 0. The molecule has 0 saturated heterocycles. The average Bonchev–Trinajstić information content (AvgIpc) is 2.45. The van der Waals surface area contributed by atoms with Crippen molar-refractivity contribution in [1.82, 2.24) is 0 Å². The molecule has 0 aliphatic heterocycles. The summed E-state index contributed by atoms with van der Waals surface area (Å²) in [4.78, 5) is 14.5. The van der Waals surface area contributed by atoms with Crippen LogP contribution >= 0.6 is 0 Å². The summed E-state index contributed by atoms with van der Waals surface area (Å²) in [5, 5.41) is 9.31. The van der Waals surface area contributed by atoms with Gasteiger partial charge in [0.15, 0.2) is 0 Å². The Morgan fingerprint density at radius 1 is 1.45 bits per heavy atom. The van der Waals surface area contributed by atoms with Crippen LogP contribution in [0.4, 0.5) is 0 Å². The lowest BCUT2D eigenvalue weighted by Crippen LogP contribution is -2.21. The number of allylic oxidation sites excluding steroid dienone is 1. The van der Waals surface area contributed by atoms with E-state index in [4.69, 9.17) is 0 Å². The van der Waals surface area contributed by atoms with Crippen molar-refractivity contribution < 1.29 is 9.92 Å². The molecule has 2 bridgehead atoms. The van der Waals surface area contributed by atoms with Gasteiger partial charge in [0.25, 0.3) is 5.09 Å². The Morgan fingerprint density at radius 3 is 2.73 bits per heavy atom. The monoisotopic (exact) mass is 155 g/mol. The lowest BCUT2D eigenvalue weighted by atomic mass is 10.1. The van der Waals surface area contributed by atoms with Gasteiger partial charge in [-0.05, 0) is 18.8 Å². The maximum absolute atomic E-state index is 9.99. The van der Waals surface area contributed by atoms with Crippen molar-refractivity contribution in [1.29, 1.82) is 0 Å². The molecular formula is C7H9NO3. The second kappa shape index (κ2) is 2.22. The Labute approximate surface area is 63.9 Å². The van der Waals surface area contributed by atoms with Crippen molar-refractivity contribution in [2.45, 2.75) is 18.9 Å². The van der Waals surface area contributed by atoms with E-state index in [2.05, 4.69) is 10.9 Å². The zero-order chi connectivity index (χ0) is 7.84. The van der Waals surface area contributed by atoms with Crippen LogP contribution in [0.5, 0.6) is 0 Å². The molecule has 0 heterocycles. The van der Waals surface area contributed by atoms with E-state index in [-0.39, 0.29) is 6.10 Å². The fraction of sp³-hybridized carbons (Fsp3) is 0.714. The van der Waals surface area contributed by atoms with E-state index in [1.165, 1.54) is 0 Å². The van der Waals surface area contributed by atoms with E-state index < -0.39 is 5.09 Å². The van der Waals surface area contributed by atoms with E-state index in [9.17, 15) is 10.1 Å². The first-order valence-electron chi connectivity index (χ1n) is 3.75. The van der Waals surface area contributed by atoms with E-state index in [1.807, 2.05) is 6.08 Å². The molecule has 0 amide bonds. The molecule has 2 rings (SSSR count). The predicted octanol–water partition coefficient (Wildman–Crippen LogP) is 1.16. The van der Waals surface area contributed by atoms with Crippen LogP contribution < -0.4 is 0 Å². The minimum Gasteiger partial charge on any atom is -0.310 e. The summed E-state index contributed by atoms with van der Waals surface area (Å²) in [5.41, 5.74) is 0. The number of nitrogens with zero attached hydrogens (tertiary/aromatic N) is 1. The Bertz CT molecular complexity index is 214. The van der Waals surface area contributed by atoms with Crippen LogP contribution in [0, 0.1) is 22.0 Å². The smallest absolute Gasteiger partial charge is 0.294 e. The van der Waals surface area contributed by atoms with Crippen LogP contribution in [0.15, 0.2) is 12.2 Å². The van der Waals surface area contributed by atoms with Gasteiger partial charge in [-0.15, -0.1) is 10.1 Å². The molecule has 0 unspecified atom stereocenters. The molecule has 2 aliphatic carbocycles. The van der Waals surface area contributed by atoms with Crippen molar-refractivity contribution in [2.75, 3.05) is 0 Å². The topological polar surface area (TPSA) is 52.4 Å². The van der Waals surface area contributed by atoms with Crippen LogP contribution in [-0.2, 0) is 4.84 Å². The van der Waals surface area contributed by atoms with E-state index in [0.29, 0.717) is 11.8 Å². The first-order valence-corrected chi connectivity index (χ1v) is 3.75. The number of hydrogen-bond acceptors (Lipinski definition) is 3. The van der Waals surface area contributed by atoms with E-state index in [0.717, 1.165) is 12.8 Å². The summed E-state index contributed by atoms with van der Waals surface area (Å²) in [6.45, 7) is 0. The molecule has 0 aromatic carbocycles. The average molecular weight is 155 g/mol. The minimum atomic E-state index is -0.681. The van der Waals surface area contributed by atoms with Gasteiger partial charge in [0.1, 0.15) is 6.10 Å². The predicted molar refractivity (Wildman–Crippen MR) is 37.2 cm³/mol. The summed E-state index contributed by atoms with van der Waals surface area (Å²) in [6.07, 6.45) is 5.85. The highest BCUT2D eigenvalue weighted by atomic mass is 17.0. The van der Waals surface area contributed by atoms with Crippen molar-refractivity contribution >= 4 is 0 Å². The summed E-state index contributed by atoms with van der Waals surface area (Å²) in [6, 6.07) is 0. The highest BCUT2D eigenvalue weighted by molar-refractivity contribution is 5.10. The van der Waals surface area contributed by atoms with Gasteiger partial charge in [0.2, 0.25) is 0 Å². The molecule has 0 N–H and O–H groups in total. The molecule has 3 atom stereocenters. The van der Waals surface area contributed by atoms with Crippen LogP contribution in [0.2, 0.25) is 0 Å². The van der Waals surface area contributed by atoms with Gasteiger partial charge >= 0.3 is 0 Å². The van der Waals surface area contributed by atoms with Crippen LogP contribution in [0.3, 0.4) is 0 Å². The van der Waals surface area contributed by atoms with Gasteiger partial charge in [0.05, 0.1) is 0 Å². The van der Waals surface area contributed by atoms with Gasteiger partial charge in [-0.3, -0.25) is 0 Å². The maximum atomic E-state index is 9.99. The molecule has 1 fully saturated rings. The maximum Gasteiger partial charge on any atom is 0.294 e. The van der Waals surface area contributed by atoms with Gasteiger partial charge in [-0.2, -0.15) is 0 Å². The summed E-state index contributed by atoms with van der Waals surface area (Å²) >= 11 is 0. The number of rotatable bonds is 2. The summed E-state index contributed by atoms with van der Waals surface area (Å²) < 4.78 is 0. The molecule has 0 spiro atoms. The number of hydrogen-bond donors (Lipinski definition) is 0. The SMILES string of the molecule is O=[N+]([O-])O[C@@H]1C[C@H]2C=C[C@@H]1C2. The standard InChI is InChI=1S/C7H9NO3/c9-8(10)11-7-4-5-1-2-6(7)3-5/h1-2,5-7H,3-4H2/t5-,6+,7+/m0/s1. The molecule has 0 aromatic rings. The Hall–Kier alpha value is -1.06. The molecule has 60 valence electrons. The van der Waals surface area contributed by atoms with E-state index >= 15 is 0 Å². The number of fused-ring (bicyclic) bond motifs is 2. The Kier molecular flexibility index (Phi) is 1.34. The lowest BCUT2D eigenvalue weighted by molar-refractivity contribution is -0.769. The van der Waals surface area contributed by atoms with Gasteiger partial charge in [-0.1, -0.05) is 12.2 Å². The minimum absolute atomic E-state index is 0.167. The Balaban J connectivity index is 1.98. The zero-order valence-electron chi connectivity index (χ0n) is 5.97. The van der Waals surface area contributed by atoms with Crippen LogP contribution in [0.1, 0.15) is 12.8 Å². The van der Waals surface area contributed by atoms with E-state index in [1.54, 1.807) is 0 Å². The molecular weight excluding hydrogens is 146 g/mol. The van der Waals surface area contributed by atoms with Crippen molar-refractivity contribution in [2.24, 2.45) is 11.8 Å². The lowest BCUT2D eigenvalue weighted by Gasteiger charge is -2.14. The normalized spacial score (nSPS) is 39.5. The van der Waals surface area contributed by atoms with Crippen LogP contribution in [0.25, 0.3) is 0 Å². The third kappa shape index (κ3) is 1.08. The fourth-order valence-corrected chi connectivity index (χ4v) is 1.96. The van der Waals surface area contributed by atoms with Crippen LogP contribution in [-0.4, -0.2) is 11.2 Å². The van der Waals surface area contributed by atoms with Crippen molar-refractivity contribution in [3.63, 3.8) is 0 Å². The first kappa shape index (κ1) is 6.64. The van der Waals surface area contributed by atoms with Gasteiger partial charge < -0.3 is 4.84 Å². The molecule has 1 saturated carbocycles. The van der Waals surface area contributed by atoms with Gasteiger partial charge in [0, 0.05) is 5.92 Å². The molecule has 0 aromatic heterocycles. The fourth-order valence-electron chi connectivity index (χ4n) is 1.96. The molecule has 11 heavy (non-hydrogen) atoms. The highest BCUT2D eigenvalue weighted by Crippen LogP contribution is 2.40. The zero-order valence-corrected chi connectivity index (χ0v) is 5.97. The largest absolute Gasteiger partial charge is 0.310 e.